The third kappa shape index (κ3) is 4.07. The predicted octanol–water partition coefficient (Wildman–Crippen LogP) is 5.29. The van der Waals surface area contributed by atoms with Gasteiger partial charge in [-0.05, 0) is 48.7 Å². The number of amides is 1. The van der Waals surface area contributed by atoms with Crippen LogP contribution in [0, 0.1) is 31.0 Å². The van der Waals surface area contributed by atoms with Crippen LogP contribution < -0.4 is 11.1 Å². The van der Waals surface area contributed by atoms with Gasteiger partial charge in [0.15, 0.2) is 11.6 Å². The molecule has 30 heavy (non-hydrogen) atoms. The monoisotopic (exact) mass is 423 g/mol. The van der Waals surface area contributed by atoms with Crippen LogP contribution in [0.15, 0.2) is 48.5 Å². The van der Waals surface area contributed by atoms with E-state index in [0.29, 0.717) is 21.8 Å². The minimum Gasteiger partial charge on any atom is -0.503 e. The number of carbonyl (C=O) groups is 1. The SMILES string of the molecule is Cc1ccc(C(C#N)c2cc(C)c(NC(=O)c3ccc(F)c(O)c3N)cc2Cl)cc1. The van der Waals surface area contributed by atoms with Crippen molar-refractivity contribution in [2.24, 2.45) is 0 Å². The number of phenols is 1. The molecule has 1 unspecified atom stereocenters. The van der Waals surface area contributed by atoms with Gasteiger partial charge in [-0.2, -0.15) is 5.26 Å². The number of nitrogens with zero attached hydrogens (tertiary/aromatic N) is 1. The van der Waals surface area contributed by atoms with Crippen LogP contribution in [0.1, 0.15) is 38.5 Å². The number of aromatic hydroxyl groups is 1. The number of phenolic OH excluding ortho intramolecular Hbond substituents is 1. The Morgan fingerprint density at radius 3 is 2.50 bits per heavy atom. The third-order valence-corrected chi connectivity index (χ3v) is 5.18. The summed E-state index contributed by atoms with van der Waals surface area (Å²) in [6.45, 7) is 3.73. The number of carbonyl (C=O) groups excluding carboxylic acids is 1. The quantitative estimate of drug-likeness (QED) is 0.392. The molecule has 1 atom stereocenters. The molecule has 3 rings (SSSR count). The van der Waals surface area contributed by atoms with Crippen LogP contribution in [0.2, 0.25) is 5.02 Å². The fraction of sp³-hybridized carbons (Fsp3) is 0.130. The average molecular weight is 424 g/mol. The van der Waals surface area contributed by atoms with Gasteiger partial charge < -0.3 is 16.2 Å². The van der Waals surface area contributed by atoms with Crippen LogP contribution in [0.3, 0.4) is 0 Å². The summed E-state index contributed by atoms with van der Waals surface area (Å²) in [6, 6.07) is 15.4. The van der Waals surface area contributed by atoms with Crippen LogP contribution in [-0.2, 0) is 0 Å². The number of nitrogens with two attached hydrogens (primary N) is 1. The second-order valence-electron chi connectivity index (χ2n) is 6.97. The summed E-state index contributed by atoms with van der Waals surface area (Å²) in [5.41, 5.74) is 8.85. The van der Waals surface area contributed by atoms with E-state index >= 15 is 0 Å². The number of halogens is 2. The van der Waals surface area contributed by atoms with Crippen molar-refractivity contribution in [2.45, 2.75) is 19.8 Å². The summed E-state index contributed by atoms with van der Waals surface area (Å²) < 4.78 is 13.4. The first-order valence-electron chi connectivity index (χ1n) is 9.07. The molecule has 0 heterocycles. The van der Waals surface area contributed by atoms with E-state index in [4.69, 9.17) is 17.3 Å². The first kappa shape index (κ1) is 21.2. The average Bonchev–Trinajstić information content (AvgIpc) is 2.71. The van der Waals surface area contributed by atoms with Crippen molar-refractivity contribution in [3.63, 3.8) is 0 Å². The Labute approximate surface area is 178 Å². The molecule has 1 amide bonds. The van der Waals surface area contributed by atoms with Gasteiger partial charge in [-0.3, -0.25) is 4.79 Å². The van der Waals surface area contributed by atoms with Gasteiger partial charge in [0.1, 0.15) is 0 Å². The number of aryl methyl sites for hydroxylation is 2. The smallest absolute Gasteiger partial charge is 0.257 e. The molecule has 0 spiro atoms. The summed E-state index contributed by atoms with van der Waals surface area (Å²) in [4.78, 5) is 12.6. The summed E-state index contributed by atoms with van der Waals surface area (Å²) in [5.74, 6) is -2.87. The fourth-order valence-electron chi connectivity index (χ4n) is 3.11. The van der Waals surface area contributed by atoms with Gasteiger partial charge in [-0.25, -0.2) is 4.39 Å². The maximum absolute atomic E-state index is 13.4. The van der Waals surface area contributed by atoms with Gasteiger partial charge >= 0.3 is 0 Å². The Morgan fingerprint density at radius 2 is 1.87 bits per heavy atom. The molecule has 4 N–H and O–H groups in total. The number of hydrogen-bond acceptors (Lipinski definition) is 4. The van der Waals surface area contributed by atoms with E-state index in [1.54, 1.807) is 19.1 Å². The first-order valence-corrected chi connectivity index (χ1v) is 9.45. The van der Waals surface area contributed by atoms with E-state index in [9.17, 15) is 19.6 Å². The zero-order valence-electron chi connectivity index (χ0n) is 16.3. The van der Waals surface area contributed by atoms with Gasteiger partial charge in [0, 0.05) is 10.7 Å². The molecule has 0 fully saturated rings. The summed E-state index contributed by atoms with van der Waals surface area (Å²) >= 11 is 6.45. The third-order valence-electron chi connectivity index (χ3n) is 4.86. The van der Waals surface area contributed by atoms with Crippen molar-refractivity contribution >= 4 is 28.9 Å². The molecule has 0 aliphatic heterocycles. The number of hydrogen-bond donors (Lipinski definition) is 3. The standard InChI is InChI=1S/C23H19ClFN3O2/c1-12-3-5-14(6-4-12)17(11-26)16-9-13(2)20(10-18(16)24)28-23(30)15-7-8-19(25)22(29)21(15)27/h3-10,17,29H,27H2,1-2H3,(H,28,30). The molecular formula is C23H19ClFN3O2. The van der Waals surface area contributed by atoms with Crippen LogP contribution in [0.25, 0.3) is 0 Å². The molecule has 5 nitrogen and oxygen atoms in total. The van der Waals surface area contributed by atoms with Gasteiger partial charge in [0.25, 0.3) is 5.91 Å². The topological polar surface area (TPSA) is 99.1 Å². The van der Waals surface area contributed by atoms with E-state index < -0.39 is 23.4 Å². The number of nitrogen functional groups attached to an aromatic ring is 1. The van der Waals surface area contributed by atoms with Crippen LogP contribution in [-0.4, -0.2) is 11.0 Å². The summed E-state index contributed by atoms with van der Waals surface area (Å²) in [7, 11) is 0. The highest BCUT2D eigenvalue weighted by Gasteiger charge is 2.20. The number of nitrogens with one attached hydrogen (secondary N) is 1. The van der Waals surface area contributed by atoms with E-state index in [1.165, 1.54) is 6.07 Å². The highest BCUT2D eigenvalue weighted by Crippen LogP contribution is 2.35. The van der Waals surface area contributed by atoms with Crippen molar-refractivity contribution in [2.75, 3.05) is 11.1 Å². The van der Waals surface area contributed by atoms with Crippen LogP contribution in [0.4, 0.5) is 15.8 Å². The number of nitriles is 1. The molecule has 0 aliphatic carbocycles. The number of anilines is 2. The molecule has 0 bridgehead atoms. The molecule has 152 valence electrons. The Bertz CT molecular complexity index is 1170. The lowest BCUT2D eigenvalue weighted by Crippen LogP contribution is -2.15. The van der Waals surface area contributed by atoms with Gasteiger partial charge in [-0.1, -0.05) is 47.5 Å². The Hall–Kier alpha value is -3.56. The van der Waals surface area contributed by atoms with Crippen LogP contribution in [0.5, 0.6) is 5.75 Å². The lowest BCUT2D eigenvalue weighted by atomic mass is 9.90. The molecule has 3 aromatic carbocycles. The van der Waals surface area contributed by atoms with Crippen molar-refractivity contribution in [1.29, 1.82) is 5.26 Å². The minimum absolute atomic E-state index is 0.0666. The van der Waals surface area contributed by atoms with Gasteiger partial charge in [0.2, 0.25) is 0 Å². The van der Waals surface area contributed by atoms with Gasteiger partial charge in [0.05, 0.1) is 23.2 Å². The largest absolute Gasteiger partial charge is 0.503 e. The highest BCUT2D eigenvalue weighted by atomic mass is 35.5. The zero-order chi connectivity index (χ0) is 22.0. The molecule has 3 aromatic rings. The van der Waals surface area contributed by atoms with Crippen LogP contribution >= 0.6 is 11.6 Å². The second kappa shape index (κ2) is 8.44. The van der Waals surface area contributed by atoms with E-state index in [0.717, 1.165) is 17.2 Å². The normalized spacial score (nSPS) is 11.6. The van der Waals surface area contributed by atoms with E-state index in [2.05, 4.69) is 11.4 Å². The number of rotatable bonds is 4. The maximum atomic E-state index is 13.4. The lowest BCUT2D eigenvalue weighted by Gasteiger charge is -2.17. The Kier molecular flexibility index (Phi) is 5.95. The fourth-order valence-corrected chi connectivity index (χ4v) is 3.38. The molecule has 7 heteroatoms. The van der Waals surface area contributed by atoms with Crippen molar-refractivity contribution < 1.29 is 14.3 Å². The summed E-state index contributed by atoms with van der Waals surface area (Å²) in [5, 5.41) is 22.3. The van der Waals surface area contributed by atoms with Crippen molar-refractivity contribution in [3.05, 3.63) is 87.2 Å². The Morgan fingerprint density at radius 1 is 1.20 bits per heavy atom. The molecule has 0 aliphatic rings. The van der Waals surface area contributed by atoms with Crippen molar-refractivity contribution in [3.8, 4) is 11.8 Å². The molecule has 0 saturated carbocycles. The van der Waals surface area contributed by atoms with E-state index in [1.807, 2.05) is 31.2 Å². The number of benzene rings is 3. The maximum Gasteiger partial charge on any atom is 0.257 e. The minimum atomic E-state index is -0.911. The molecular weight excluding hydrogens is 405 g/mol. The molecule has 0 aromatic heterocycles. The highest BCUT2D eigenvalue weighted by molar-refractivity contribution is 6.32. The first-order chi connectivity index (χ1) is 14.2. The molecule has 0 radical (unpaired) electrons. The summed E-state index contributed by atoms with van der Waals surface area (Å²) in [6.07, 6.45) is 0. The second-order valence-corrected chi connectivity index (χ2v) is 7.38. The lowest BCUT2D eigenvalue weighted by molar-refractivity contribution is 0.102. The zero-order valence-corrected chi connectivity index (χ0v) is 17.1. The van der Waals surface area contributed by atoms with Crippen molar-refractivity contribution in [1.82, 2.24) is 0 Å². The molecule has 0 saturated heterocycles. The van der Waals surface area contributed by atoms with Gasteiger partial charge in [-0.15, -0.1) is 0 Å². The Balaban J connectivity index is 1.93. The van der Waals surface area contributed by atoms with E-state index in [-0.39, 0.29) is 11.3 Å². The predicted molar refractivity (Wildman–Crippen MR) is 115 cm³/mol.